The van der Waals surface area contributed by atoms with Gasteiger partial charge in [-0.05, 0) is 18.8 Å². The normalized spacial score (nSPS) is 24.6. The first kappa shape index (κ1) is 7.99. The Balaban J connectivity index is 2.24. The number of rotatable bonds is 2. The Hall–Kier alpha value is -0.110. The average Bonchev–Trinajstić information content (AvgIpc) is 2.05. The smallest absolute Gasteiger partial charge is 0.115 e. The van der Waals surface area contributed by atoms with Crippen molar-refractivity contribution in [3.63, 3.8) is 0 Å². The Kier molecular flexibility index (Phi) is 3.13. The molecule has 1 nitrogen and oxygen atoms in total. The van der Waals surface area contributed by atoms with E-state index in [1.165, 1.54) is 19.3 Å². The molecule has 0 aromatic rings. The van der Waals surface area contributed by atoms with Crippen molar-refractivity contribution in [3.8, 4) is 0 Å². The molecule has 1 rings (SSSR count). The van der Waals surface area contributed by atoms with Crippen LogP contribution in [0.2, 0.25) is 0 Å². The summed E-state index contributed by atoms with van der Waals surface area (Å²) in [6.07, 6.45) is 5.06. The fourth-order valence-electron chi connectivity index (χ4n) is 1.69. The zero-order valence-corrected chi connectivity index (χ0v) is 6.35. The van der Waals surface area contributed by atoms with Crippen LogP contribution in [0.25, 0.3) is 0 Å². The number of halogens is 1. The van der Waals surface area contributed by atoms with Crippen molar-refractivity contribution in [3.05, 3.63) is 0 Å². The van der Waals surface area contributed by atoms with Gasteiger partial charge in [-0.1, -0.05) is 19.3 Å². The van der Waals surface area contributed by atoms with E-state index in [1.807, 2.05) is 0 Å². The minimum atomic E-state index is -0.736. The second kappa shape index (κ2) is 3.91. The van der Waals surface area contributed by atoms with Crippen LogP contribution in [0.5, 0.6) is 0 Å². The monoisotopic (exact) mass is 145 g/mol. The van der Waals surface area contributed by atoms with E-state index < -0.39 is 6.17 Å². The molecule has 10 heavy (non-hydrogen) atoms. The standard InChI is InChI=1S/C8H16FN/c9-8(6-10)7-4-2-1-3-5-7/h7-8H,1-6,10H2. The lowest BCUT2D eigenvalue weighted by Gasteiger charge is -2.23. The van der Waals surface area contributed by atoms with E-state index in [0.29, 0.717) is 0 Å². The van der Waals surface area contributed by atoms with E-state index in [9.17, 15) is 4.39 Å². The summed E-state index contributed by atoms with van der Waals surface area (Å²) in [5.41, 5.74) is 5.23. The molecule has 0 aromatic heterocycles. The highest BCUT2D eigenvalue weighted by Crippen LogP contribution is 2.27. The molecule has 0 radical (unpaired) electrons. The van der Waals surface area contributed by atoms with Gasteiger partial charge in [0.05, 0.1) is 0 Å². The van der Waals surface area contributed by atoms with Crippen molar-refractivity contribution < 1.29 is 4.39 Å². The lowest BCUT2D eigenvalue weighted by Crippen LogP contribution is -2.26. The first-order chi connectivity index (χ1) is 4.84. The van der Waals surface area contributed by atoms with Gasteiger partial charge in [-0.2, -0.15) is 0 Å². The summed E-state index contributed by atoms with van der Waals surface area (Å²) in [5.74, 6) is 0.277. The molecule has 0 spiro atoms. The largest absolute Gasteiger partial charge is 0.328 e. The van der Waals surface area contributed by atoms with E-state index in [2.05, 4.69) is 0 Å². The second-order valence-corrected chi connectivity index (χ2v) is 3.15. The first-order valence-electron chi connectivity index (χ1n) is 4.18. The third-order valence-electron chi connectivity index (χ3n) is 2.39. The van der Waals surface area contributed by atoms with Gasteiger partial charge in [0.2, 0.25) is 0 Å². The van der Waals surface area contributed by atoms with Gasteiger partial charge in [-0.15, -0.1) is 0 Å². The summed E-state index contributed by atoms with van der Waals surface area (Å²) in [5, 5.41) is 0. The number of hydrogen-bond donors (Lipinski definition) is 1. The predicted molar refractivity (Wildman–Crippen MR) is 40.5 cm³/mol. The lowest BCUT2D eigenvalue weighted by molar-refractivity contribution is 0.187. The molecule has 0 heterocycles. The maximum absolute atomic E-state index is 12.9. The third-order valence-corrected chi connectivity index (χ3v) is 2.39. The lowest BCUT2D eigenvalue weighted by atomic mass is 9.86. The maximum atomic E-state index is 12.9. The topological polar surface area (TPSA) is 26.0 Å². The van der Waals surface area contributed by atoms with Crippen molar-refractivity contribution in [1.29, 1.82) is 0 Å². The van der Waals surface area contributed by atoms with Crippen LogP contribution >= 0.6 is 0 Å². The average molecular weight is 145 g/mol. The van der Waals surface area contributed by atoms with Crippen LogP contribution in [0.15, 0.2) is 0 Å². The van der Waals surface area contributed by atoms with Gasteiger partial charge in [0.15, 0.2) is 0 Å². The van der Waals surface area contributed by atoms with Gasteiger partial charge in [0.25, 0.3) is 0 Å². The summed E-state index contributed by atoms with van der Waals surface area (Å²) < 4.78 is 12.9. The predicted octanol–water partition coefficient (Wildman–Crippen LogP) is 1.86. The summed E-state index contributed by atoms with van der Waals surface area (Å²) in [7, 11) is 0. The van der Waals surface area contributed by atoms with Gasteiger partial charge in [-0.25, -0.2) is 4.39 Å². The molecule has 0 aromatic carbocycles. The molecule has 1 aliphatic carbocycles. The van der Waals surface area contributed by atoms with Crippen molar-refractivity contribution in [2.24, 2.45) is 11.7 Å². The van der Waals surface area contributed by atoms with Gasteiger partial charge in [0, 0.05) is 6.54 Å². The second-order valence-electron chi connectivity index (χ2n) is 3.15. The SMILES string of the molecule is NCC(F)C1CCCCC1. The van der Waals surface area contributed by atoms with Gasteiger partial charge in [0.1, 0.15) is 6.17 Å². The van der Waals surface area contributed by atoms with E-state index in [-0.39, 0.29) is 12.5 Å². The molecule has 2 N–H and O–H groups in total. The molecule has 0 aliphatic heterocycles. The zero-order chi connectivity index (χ0) is 7.40. The first-order valence-corrected chi connectivity index (χ1v) is 4.18. The molecule has 0 amide bonds. The van der Waals surface area contributed by atoms with Crippen LogP contribution in [0.4, 0.5) is 4.39 Å². The molecule has 1 fully saturated rings. The Morgan fingerprint density at radius 2 is 1.90 bits per heavy atom. The molecule has 2 heteroatoms. The summed E-state index contributed by atoms with van der Waals surface area (Å²) in [4.78, 5) is 0. The Labute approximate surface area is 61.8 Å². The Bertz CT molecular complexity index is 89.3. The highest BCUT2D eigenvalue weighted by molar-refractivity contribution is 4.73. The van der Waals surface area contributed by atoms with Crippen LogP contribution < -0.4 is 5.73 Å². The quantitative estimate of drug-likeness (QED) is 0.630. The molecule has 1 saturated carbocycles. The van der Waals surface area contributed by atoms with Gasteiger partial charge < -0.3 is 5.73 Å². The molecule has 1 atom stereocenters. The minimum absolute atomic E-state index is 0.213. The summed E-state index contributed by atoms with van der Waals surface area (Å²) in [6.45, 7) is 0.213. The van der Waals surface area contributed by atoms with E-state index in [0.717, 1.165) is 12.8 Å². The maximum Gasteiger partial charge on any atom is 0.115 e. The van der Waals surface area contributed by atoms with Crippen LogP contribution in [-0.2, 0) is 0 Å². The van der Waals surface area contributed by atoms with E-state index >= 15 is 0 Å². The van der Waals surface area contributed by atoms with Crippen molar-refractivity contribution in [2.75, 3.05) is 6.54 Å². The molecule has 0 saturated heterocycles. The molecule has 0 bridgehead atoms. The van der Waals surface area contributed by atoms with Crippen molar-refractivity contribution >= 4 is 0 Å². The van der Waals surface area contributed by atoms with Gasteiger partial charge >= 0.3 is 0 Å². The van der Waals surface area contributed by atoms with Crippen LogP contribution in [0, 0.1) is 5.92 Å². The summed E-state index contributed by atoms with van der Waals surface area (Å²) in [6, 6.07) is 0. The van der Waals surface area contributed by atoms with Gasteiger partial charge in [-0.3, -0.25) is 0 Å². The number of alkyl halides is 1. The van der Waals surface area contributed by atoms with Crippen LogP contribution in [0.3, 0.4) is 0 Å². The fraction of sp³-hybridized carbons (Fsp3) is 1.00. The molecule has 1 aliphatic rings. The minimum Gasteiger partial charge on any atom is -0.328 e. The molecule has 60 valence electrons. The third kappa shape index (κ3) is 1.94. The molecule has 1 unspecified atom stereocenters. The van der Waals surface area contributed by atoms with Crippen molar-refractivity contribution in [1.82, 2.24) is 0 Å². The Morgan fingerprint density at radius 1 is 1.30 bits per heavy atom. The van der Waals surface area contributed by atoms with E-state index in [1.54, 1.807) is 0 Å². The van der Waals surface area contributed by atoms with Crippen molar-refractivity contribution in [2.45, 2.75) is 38.3 Å². The number of nitrogens with two attached hydrogens (primary N) is 1. The van der Waals surface area contributed by atoms with Crippen LogP contribution in [0.1, 0.15) is 32.1 Å². The fourth-order valence-corrected chi connectivity index (χ4v) is 1.69. The zero-order valence-electron chi connectivity index (χ0n) is 6.35. The Morgan fingerprint density at radius 3 is 2.40 bits per heavy atom. The summed E-state index contributed by atoms with van der Waals surface area (Å²) >= 11 is 0. The number of hydrogen-bond acceptors (Lipinski definition) is 1. The highest BCUT2D eigenvalue weighted by Gasteiger charge is 2.21. The van der Waals surface area contributed by atoms with Crippen LogP contribution in [-0.4, -0.2) is 12.7 Å². The molecular formula is C8H16FN. The highest BCUT2D eigenvalue weighted by atomic mass is 19.1. The van der Waals surface area contributed by atoms with E-state index in [4.69, 9.17) is 5.73 Å². The molecular weight excluding hydrogens is 129 g/mol.